The average Bonchev–Trinajstić information content (AvgIpc) is 2.94. The molecule has 4 nitrogen and oxygen atoms in total. The van der Waals surface area contributed by atoms with Crippen molar-refractivity contribution < 1.29 is 14.3 Å². The monoisotopic (exact) mass is 393 g/mol. The maximum atomic E-state index is 12.2. The van der Waals surface area contributed by atoms with Crippen LogP contribution in [-0.2, 0) is 22.5 Å². The van der Waals surface area contributed by atoms with Gasteiger partial charge in [0, 0.05) is 23.1 Å². The molecule has 0 amide bonds. The summed E-state index contributed by atoms with van der Waals surface area (Å²) in [6.45, 7) is 11.0. The summed E-state index contributed by atoms with van der Waals surface area (Å²) in [6, 6.07) is 16.6. The van der Waals surface area contributed by atoms with E-state index in [2.05, 4.69) is 54.8 Å². The number of carbonyl (C=O) groups is 1. The lowest BCUT2D eigenvalue weighted by Crippen LogP contribution is -2.39. The van der Waals surface area contributed by atoms with E-state index in [-0.39, 0.29) is 5.97 Å². The number of benzene rings is 2. The standard InChI is InChI=1S/C25H31NO3/c1-6-15-26-18(3)21(16-19-11-9-8-10-12-19)22-17-20(13-14-23(22)26)29-25(4,5)24(27)28-7-2/h8-14,17H,6-7,15-16H2,1-5H3. The van der Waals surface area contributed by atoms with Crippen molar-refractivity contribution in [3.8, 4) is 5.75 Å². The summed E-state index contributed by atoms with van der Waals surface area (Å²) in [5.74, 6) is 0.322. The molecule has 0 aliphatic carbocycles. The number of hydrogen-bond acceptors (Lipinski definition) is 3. The van der Waals surface area contributed by atoms with Crippen molar-refractivity contribution in [1.82, 2.24) is 4.57 Å². The maximum absolute atomic E-state index is 12.2. The van der Waals surface area contributed by atoms with Gasteiger partial charge in [-0.3, -0.25) is 0 Å². The number of fused-ring (bicyclic) bond motifs is 1. The molecule has 0 aliphatic heterocycles. The molecule has 0 unspecified atom stereocenters. The van der Waals surface area contributed by atoms with E-state index >= 15 is 0 Å². The number of nitrogens with zero attached hydrogens (tertiary/aromatic N) is 1. The Hall–Kier alpha value is -2.75. The van der Waals surface area contributed by atoms with Crippen molar-refractivity contribution >= 4 is 16.9 Å². The fourth-order valence-electron chi connectivity index (χ4n) is 3.77. The number of ether oxygens (including phenoxy) is 2. The Labute approximate surface area is 173 Å². The number of rotatable bonds is 8. The fourth-order valence-corrected chi connectivity index (χ4v) is 3.77. The van der Waals surface area contributed by atoms with Gasteiger partial charge in [0.05, 0.1) is 6.61 Å². The lowest BCUT2D eigenvalue weighted by molar-refractivity contribution is -0.158. The molecule has 3 rings (SSSR count). The van der Waals surface area contributed by atoms with E-state index in [0.717, 1.165) is 19.4 Å². The summed E-state index contributed by atoms with van der Waals surface area (Å²) in [7, 11) is 0. The molecule has 0 saturated carbocycles. The number of aromatic nitrogens is 1. The van der Waals surface area contributed by atoms with E-state index in [1.807, 2.05) is 12.1 Å². The molecule has 4 heteroatoms. The maximum Gasteiger partial charge on any atom is 0.349 e. The van der Waals surface area contributed by atoms with Crippen LogP contribution in [0.1, 0.15) is 50.9 Å². The first-order valence-electron chi connectivity index (χ1n) is 10.4. The first-order chi connectivity index (χ1) is 13.9. The van der Waals surface area contributed by atoms with Gasteiger partial charge >= 0.3 is 5.97 Å². The first kappa shape index (κ1) is 21.0. The number of aryl methyl sites for hydroxylation is 1. The molecule has 0 fully saturated rings. The van der Waals surface area contributed by atoms with Gasteiger partial charge in [0.25, 0.3) is 0 Å². The van der Waals surface area contributed by atoms with Crippen molar-refractivity contribution in [2.24, 2.45) is 0 Å². The van der Waals surface area contributed by atoms with Crippen molar-refractivity contribution in [2.45, 2.75) is 59.6 Å². The highest BCUT2D eigenvalue weighted by Gasteiger charge is 2.31. The minimum absolute atomic E-state index is 0.338. The summed E-state index contributed by atoms with van der Waals surface area (Å²) in [4.78, 5) is 12.2. The summed E-state index contributed by atoms with van der Waals surface area (Å²) in [5.41, 5.74) is 4.04. The second-order valence-corrected chi connectivity index (χ2v) is 7.89. The van der Waals surface area contributed by atoms with E-state index in [1.165, 1.54) is 27.7 Å². The van der Waals surface area contributed by atoms with Gasteiger partial charge in [0.15, 0.2) is 5.60 Å². The van der Waals surface area contributed by atoms with Crippen LogP contribution < -0.4 is 4.74 Å². The fraction of sp³-hybridized carbons (Fsp3) is 0.400. The third kappa shape index (κ3) is 4.47. The third-order valence-electron chi connectivity index (χ3n) is 5.24. The first-order valence-corrected chi connectivity index (χ1v) is 10.4. The van der Waals surface area contributed by atoms with Crippen LogP contribution in [0.15, 0.2) is 48.5 Å². The van der Waals surface area contributed by atoms with Crippen LogP contribution >= 0.6 is 0 Å². The number of carbonyl (C=O) groups excluding carboxylic acids is 1. The molecular weight excluding hydrogens is 362 g/mol. The van der Waals surface area contributed by atoms with E-state index in [0.29, 0.717) is 12.4 Å². The summed E-state index contributed by atoms with van der Waals surface area (Å²) < 4.78 is 13.6. The highest BCUT2D eigenvalue weighted by Crippen LogP contribution is 2.32. The van der Waals surface area contributed by atoms with Gasteiger partial charge < -0.3 is 14.0 Å². The summed E-state index contributed by atoms with van der Waals surface area (Å²) in [5, 5.41) is 1.18. The van der Waals surface area contributed by atoms with Crippen LogP contribution in [0.2, 0.25) is 0 Å². The van der Waals surface area contributed by atoms with Gasteiger partial charge in [0.2, 0.25) is 0 Å². The van der Waals surface area contributed by atoms with E-state index in [1.54, 1.807) is 20.8 Å². The van der Waals surface area contributed by atoms with Crippen molar-refractivity contribution in [3.05, 3.63) is 65.4 Å². The molecule has 0 N–H and O–H groups in total. The van der Waals surface area contributed by atoms with Crippen molar-refractivity contribution in [1.29, 1.82) is 0 Å². The minimum Gasteiger partial charge on any atom is -0.476 e. The second-order valence-electron chi connectivity index (χ2n) is 7.89. The van der Waals surface area contributed by atoms with E-state index in [4.69, 9.17) is 9.47 Å². The van der Waals surface area contributed by atoms with Gasteiger partial charge in [-0.1, -0.05) is 37.3 Å². The molecule has 0 atom stereocenters. The highest BCUT2D eigenvalue weighted by atomic mass is 16.6. The van der Waals surface area contributed by atoms with Crippen LogP contribution in [0.3, 0.4) is 0 Å². The molecule has 29 heavy (non-hydrogen) atoms. The van der Waals surface area contributed by atoms with Gasteiger partial charge in [-0.2, -0.15) is 0 Å². The zero-order valence-corrected chi connectivity index (χ0v) is 18.1. The zero-order chi connectivity index (χ0) is 21.0. The molecule has 1 heterocycles. The van der Waals surface area contributed by atoms with Gasteiger partial charge in [0.1, 0.15) is 5.75 Å². The Morgan fingerprint density at radius 1 is 1.07 bits per heavy atom. The third-order valence-corrected chi connectivity index (χ3v) is 5.24. The van der Waals surface area contributed by atoms with Crippen molar-refractivity contribution in [2.75, 3.05) is 6.61 Å². The Kier molecular flexibility index (Phi) is 6.31. The predicted molar refractivity (Wildman–Crippen MR) is 118 cm³/mol. The molecular formula is C25H31NO3. The molecule has 2 aromatic carbocycles. The van der Waals surface area contributed by atoms with E-state index < -0.39 is 5.60 Å². The highest BCUT2D eigenvalue weighted by molar-refractivity contribution is 5.87. The van der Waals surface area contributed by atoms with Crippen LogP contribution in [0.4, 0.5) is 0 Å². The lowest BCUT2D eigenvalue weighted by Gasteiger charge is -2.24. The van der Waals surface area contributed by atoms with Gasteiger partial charge in [-0.05, 0) is 69.9 Å². The van der Waals surface area contributed by atoms with Gasteiger partial charge in [-0.15, -0.1) is 0 Å². The molecule has 0 saturated heterocycles. The van der Waals surface area contributed by atoms with Crippen LogP contribution in [-0.4, -0.2) is 22.7 Å². The zero-order valence-electron chi connectivity index (χ0n) is 18.1. The quantitative estimate of drug-likeness (QED) is 0.463. The Bertz CT molecular complexity index is 986. The molecule has 154 valence electrons. The molecule has 0 radical (unpaired) electrons. The smallest absolute Gasteiger partial charge is 0.349 e. The van der Waals surface area contributed by atoms with Crippen LogP contribution in [0.25, 0.3) is 10.9 Å². The Morgan fingerprint density at radius 2 is 1.79 bits per heavy atom. The molecule has 0 bridgehead atoms. The van der Waals surface area contributed by atoms with E-state index in [9.17, 15) is 4.79 Å². The molecule has 1 aromatic heterocycles. The Morgan fingerprint density at radius 3 is 2.45 bits per heavy atom. The minimum atomic E-state index is -1.04. The summed E-state index contributed by atoms with van der Waals surface area (Å²) in [6.07, 6.45) is 1.94. The largest absolute Gasteiger partial charge is 0.476 e. The molecule has 0 aliphatic rings. The topological polar surface area (TPSA) is 40.5 Å². The number of hydrogen-bond donors (Lipinski definition) is 0. The average molecular weight is 394 g/mol. The van der Waals surface area contributed by atoms with Crippen LogP contribution in [0, 0.1) is 6.92 Å². The van der Waals surface area contributed by atoms with Crippen molar-refractivity contribution in [3.63, 3.8) is 0 Å². The Balaban J connectivity index is 2.03. The van der Waals surface area contributed by atoms with Gasteiger partial charge in [-0.25, -0.2) is 4.79 Å². The molecule has 0 spiro atoms. The predicted octanol–water partition coefficient (Wildman–Crippen LogP) is 5.67. The summed E-state index contributed by atoms with van der Waals surface area (Å²) >= 11 is 0. The SMILES string of the molecule is CCCn1c(C)c(Cc2ccccc2)c2cc(OC(C)(C)C(=O)OCC)ccc21. The number of esters is 1. The normalized spacial score (nSPS) is 11.6. The van der Waals surface area contributed by atoms with Crippen LogP contribution in [0.5, 0.6) is 5.75 Å². The molecule has 3 aromatic rings. The second kappa shape index (κ2) is 8.73. The lowest BCUT2D eigenvalue weighted by atomic mass is 10.0.